The molecular formula is C11H20O2. The van der Waals surface area contributed by atoms with E-state index in [1.807, 2.05) is 0 Å². The van der Waals surface area contributed by atoms with Gasteiger partial charge in [-0.15, -0.1) is 0 Å². The zero-order valence-electron chi connectivity index (χ0n) is 9.04. The van der Waals surface area contributed by atoms with Crippen LogP contribution < -0.4 is 0 Å². The van der Waals surface area contributed by atoms with Crippen LogP contribution in [0.25, 0.3) is 0 Å². The Morgan fingerprint density at radius 3 is 2.23 bits per heavy atom. The third-order valence-corrected chi connectivity index (χ3v) is 3.41. The van der Waals surface area contributed by atoms with Gasteiger partial charge in [0.1, 0.15) is 0 Å². The summed E-state index contributed by atoms with van der Waals surface area (Å²) in [4.78, 5) is 0. The molecule has 76 valence electrons. The van der Waals surface area contributed by atoms with E-state index in [-0.39, 0.29) is 0 Å². The molecular weight excluding hydrogens is 164 g/mol. The topological polar surface area (TPSA) is 18.5 Å². The highest BCUT2D eigenvalue weighted by Gasteiger charge is 2.49. The molecule has 2 nitrogen and oxygen atoms in total. The molecule has 2 fully saturated rings. The smallest absolute Gasteiger partial charge is 0.0895 e. The van der Waals surface area contributed by atoms with Crippen molar-refractivity contribution in [3.63, 3.8) is 0 Å². The minimum absolute atomic E-state index is 0.309. The van der Waals surface area contributed by atoms with Crippen molar-refractivity contribution in [2.24, 2.45) is 17.3 Å². The van der Waals surface area contributed by atoms with Gasteiger partial charge < -0.3 is 9.47 Å². The largest absolute Gasteiger partial charge is 0.375 e. The number of rotatable bonds is 0. The molecule has 0 aliphatic carbocycles. The number of hydrogen-bond donors (Lipinski definition) is 0. The molecule has 0 bridgehead atoms. The van der Waals surface area contributed by atoms with E-state index in [1.165, 1.54) is 0 Å². The van der Waals surface area contributed by atoms with E-state index < -0.39 is 0 Å². The molecule has 0 aromatic rings. The first-order valence-corrected chi connectivity index (χ1v) is 5.23. The number of ether oxygens (including phenoxy) is 2. The van der Waals surface area contributed by atoms with Gasteiger partial charge in [0.2, 0.25) is 0 Å². The van der Waals surface area contributed by atoms with Crippen molar-refractivity contribution in [1.29, 1.82) is 0 Å². The molecule has 2 saturated heterocycles. The van der Waals surface area contributed by atoms with E-state index >= 15 is 0 Å². The van der Waals surface area contributed by atoms with Gasteiger partial charge in [-0.3, -0.25) is 0 Å². The molecule has 0 aromatic heterocycles. The third kappa shape index (κ3) is 1.50. The fourth-order valence-electron chi connectivity index (χ4n) is 2.43. The van der Waals surface area contributed by atoms with Gasteiger partial charge in [-0.05, 0) is 5.41 Å². The minimum atomic E-state index is 0.309. The van der Waals surface area contributed by atoms with Gasteiger partial charge in [0.05, 0.1) is 25.4 Å². The average Bonchev–Trinajstić information content (AvgIpc) is 2.51. The molecule has 4 atom stereocenters. The first-order chi connectivity index (χ1) is 6.00. The Bertz CT molecular complexity index is 195. The van der Waals surface area contributed by atoms with E-state index in [9.17, 15) is 0 Å². The molecule has 0 saturated carbocycles. The quantitative estimate of drug-likeness (QED) is 0.574. The summed E-state index contributed by atoms with van der Waals surface area (Å²) in [5.41, 5.74) is 0.309. The predicted molar refractivity (Wildman–Crippen MR) is 51.6 cm³/mol. The van der Waals surface area contributed by atoms with Gasteiger partial charge in [0.15, 0.2) is 0 Å². The lowest BCUT2D eigenvalue weighted by Gasteiger charge is -2.29. The highest BCUT2D eigenvalue weighted by molar-refractivity contribution is 4.96. The molecule has 0 amide bonds. The van der Waals surface area contributed by atoms with Crippen LogP contribution in [0.1, 0.15) is 27.7 Å². The SMILES string of the molecule is CC1COC2C1OCC2C(C)(C)C. The van der Waals surface area contributed by atoms with Crippen LogP contribution in [0.15, 0.2) is 0 Å². The maximum absolute atomic E-state index is 5.80. The van der Waals surface area contributed by atoms with E-state index in [4.69, 9.17) is 9.47 Å². The summed E-state index contributed by atoms with van der Waals surface area (Å²) in [5.74, 6) is 1.15. The molecule has 2 aliphatic rings. The maximum atomic E-state index is 5.80. The van der Waals surface area contributed by atoms with Gasteiger partial charge in [-0.1, -0.05) is 27.7 Å². The van der Waals surface area contributed by atoms with E-state index in [1.54, 1.807) is 0 Å². The first kappa shape index (κ1) is 9.47. The second kappa shape index (κ2) is 2.96. The molecule has 13 heavy (non-hydrogen) atoms. The lowest BCUT2D eigenvalue weighted by Crippen LogP contribution is -2.33. The Morgan fingerprint density at radius 2 is 1.62 bits per heavy atom. The summed E-state index contributed by atoms with van der Waals surface area (Å²) in [6.45, 7) is 10.8. The second-order valence-electron chi connectivity index (χ2n) is 5.55. The van der Waals surface area contributed by atoms with Gasteiger partial charge in [-0.2, -0.15) is 0 Å². The summed E-state index contributed by atoms with van der Waals surface area (Å²) in [6.07, 6.45) is 0.722. The van der Waals surface area contributed by atoms with Gasteiger partial charge >= 0.3 is 0 Å². The van der Waals surface area contributed by atoms with Crippen molar-refractivity contribution in [3.05, 3.63) is 0 Å². The molecule has 0 radical (unpaired) electrons. The Morgan fingerprint density at radius 1 is 1.00 bits per heavy atom. The number of fused-ring (bicyclic) bond motifs is 1. The van der Waals surface area contributed by atoms with Crippen molar-refractivity contribution in [3.8, 4) is 0 Å². The lowest BCUT2D eigenvalue weighted by atomic mass is 9.77. The van der Waals surface area contributed by atoms with Crippen LogP contribution in [0.5, 0.6) is 0 Å². The summed E-state index contributed by atoms with van der Waals surface area (Å²) in [5, 5.41) is 0. The first-order valence-electron chi connectivity index (χ1n) is 5.23. The van der Waals surface area contributed by atoms with Gasteiger partial charge in [0, 0.05) is 11.8 Å². The molecule has 0 spiro atoms. The molecule has 2 heteroatoms. The van der Waals surface area contributed by atoms with Crippen molar-refractivity contribution < 1.29 is 9.47 Å². The maximum Gasteiger partial charge on any atom is 0.0895 e. The van der Waals surface area contributed by atoms with Crippen LogP contribution in [0.2, 0.25) is 0 Å². The zero-order chi connectivity index (χ0) is 9.64. The zero-order valence-corrected chi connectivity index (χ0v) is 9.04. The average molecular weight is 184 g/mol. The van der Waals surface area contributed by atoms with E-state index in [0.29, 0.717) is 29.5 Å². The molecule has 2 aliphatic heterocycles. The second-order valence-corrected chi connectivity index (χ2v) is 5.55. The summed E-state index contributed by atoms with van der Waals surface area (Å²) in [7, 11) is 0. The predicted octanol–water partition coefficient (Wildman–Crippen LogP) is 2.08. The minimum Gasteiger partial charge on any atom is -0.375 e. The van der Waals surface area contributed by atoms with Crippen LogP contribution in [-0.4, -0.2) is 25.4 Å². The van der Waals surface area contributed by atoms with E-state index in [0.717, 1.165) is 13.2 Å². The summed E-state index contributed by atoms with van der Waals surface area (Å²) in [6, 6.07) is 0. The molecule has 0 aromatic carbocycles. The van der Waals surface area contributed by atoms with Gasteiger partial charge in [0.25, 0.3) is 0 Å². The van der Waals surface area contributed by atoms with Crippen LogP contribution in [-0.2, 0) is 9.47 Å². The monoisotopic (exact) mass is 184 g/mol. The fourth-order valence-corrected chi connectivity index (χ4v) is 2.43. The third-order valence-electron chi connectivity index (χ3n) is 3.41. The highest BCUT2D eigenvalue weighted by atomic mass is 16.6. The standard InChI is InChI=1S/C11H20O2/c1-7-5-12-10-8(11(2,3)4)6-13-9(7)10/h7-10H,5-6H2,1-4H3. The molecule has 4 unspecified atom stereocenters. The molecule has 2 heterocycles. The summed E-state index contributed by atoms with van der Waals surface area (Å²) >= 11 is 0. The van der Waals surface area contributed by atoms with Crippen molar-refractivity contribution >= 4 is 0 Å². The van der Waals surface area contributed by atoms with Crippen LogP contribution in [0.4, 0.5) is 0 Å². The van der Waals surface area contributed by atoms with Crippen molar-refractivity contribution in [2.75, 3.05) is 13.2 Å². The van der Waals surface area contributed by atoms with Crippen LogP contribution >= 0.6 is 0 Å². The summed E-state index contributed by atoms with van der Waals surface area (Å²) < 4.78 is 11.6. The Kier molecular flexibility index (Phi) is 2.16. The molecule has 0 N–H and O–H groups in total. The van der Waals surface area contributed by atoms with Crippen LogP contribution in [0.3, 0.4) is 0 Å². The van der Waals surface area contributed by atoms with E-state index in [2.05, 4.69) is 27.7 Å². The highest BCUT2D eigenvalue weighted by Crippen LogP contribution is 2.42. The fraction of sp³-hybridized carbons (Fsp3) is 1.00. The van der Waals surface area contributed by atoms with Crippen molar-refractivity contribution in [2.45, 2.75) is 39.9 Å². The number of hydrogen-bond acceptors (Lipinski definition) is 2. The molecule has 2 rings (SSSR count). The normalized spacial score (nSPS) is 45.2. The Labute approximate surface area is 80.6 Å². The van der Waals surface area contributed by atoms with Crippen molar-refractivity contribution in [1.82, 2.24) is 0 Å². The lowest BCUT2D eigenvalue weighted by molar-refractivity contribution is 0.0338. The van der Waals surface area contributed by atoms with Gasteiger partial charge in [-0.25, -0.2) is 0 Å². The van der Waals surface area contributed by atoms with Crippen LogP contribution in [0, 0.1) is 17.3 Å². The Hall–Kier alpha value is -0.0800. The Balaban J connectivity index is 2.11.